The number of ether oxygens (including phenoxy) is 4. The van der Waals surface area contributed by atoms with Crippen LogP contribution in [0, 0.1) is 0 Å². The Hall–Kier alpha value is -2.25. The molecule has 7 nitrogen and oxygen atoms in total. The Morgan fingerprint density at radius 2 is 1.61 bits per heavy atom. The summed E-state index contributed by atoms with van der Waals surface area (Å²) >= 11 is 0. The fourth-order valence-electron chi connectivity index (χ4n) is 4.07. The van der Waals surface area contributed by atoms with Crippen LogP contribution in [0.4, 0.5) is 0 Å². The van der Waals surface area contributed by atoms with E-state index in [1.807, 2.05) is 24.5 Å². The Morgan fingerprint density at radius 1 is 0.939 bits per heavy atom. The van der Waals surface area contributed by atoms with Crippen LogP contribution in [0.25, 0.3) is 0 Å². The Morgan fingerprint density at radius 3 is 2.15 bits per heavy atom. The molecule has 2 atom stereocenters. The van der Waals surface area contributed by atoms with Gasteiger partial charge in [-0.15, -0.1) is 0 Å². The third-order valence-corrected chi connectivity index (χ3v) is 6.08. The van der Waals surface area contributed by atoms with Crippen LogP contribution < -0.4 is 14.2 Å². The van der Waals surface area contributed by atoms with Crippen LogP contribution in [-0.2, 0) is 11.3 Å². The first-order valence-corrected chi connectivity index (χ1v) is 12.1. The lowest BCUT2D eigenvalue weighted by Crippen LogP contribution is -2.29. The van der Waals surface area contributed by atoms with Crippen LogP contribution in [0.3, 0.4) is 0 Å². The van der Waals surface area contributed by atoms with Gasteiger partial charge in [0.25, 0.3) is 0 Å². The average molecular weight is 462 g/mol. The maximum absolute atomic E-state index is 6.56. The van der Waals surface area contributed by atoms with E-state index in [-0.39, 0.29) is 6.10 Å². The zero-order chi connectivity index (χ0) is 24.2. The quantitative estimate of drug-likeness (QED) is 0.337. The summed E-state index contributed by atoms with van der Waals surface area (Å²) in [5, 5.41) is 0. The summed E-state index contributed by atoms with van der Waals surface area (Å²) in [5.41, 5.74) is 0.934. The molecule has 1 heterocycles. The Kier molecular flexibility index (Phi) is 11.5. The molecule has 2 aromatic rings. The van der Waals surface area contributed by atoms with Crippen molar-refractivity contribution in [1.29, 1.82) is 0 Å². The molecule has 0 N–H and O–H groups in total. The minimum absolute atomic E-state index is 0.334. The fourth-order valence-corrected chi connectivity index (χ4v) is 4.07. The first-order chi connectivity index (χ1) is 16.0. The smallest absolute Gasteiger partial charge is 0.203 e. The second kappa shape index (κ2) is 14.1. The summed E-state index contributed by atoms with van der Waals surface area (Å²) in [5.74, 6) is 2.69. The molecular weight excluding hydrogens is 418 g/mol. The molecule has 7 heteroatoms. The normalized spacial score (nSPS) is 13.2. The lowest BCUT2D eigenvalue weighted by atomic mass is 10.0. The molecule has 0 saturated heterocycles. The van der Waals surface area contributed by atoms with E-state index in [1.165, 1.54) is 19.3 Å². The zero-order valence-corrected chi connectivity index (χ0v) is 21.6. The average Bonchev–Trinajstić information content (AvgIpc) is 3.29. The highest BCUT2D eigenvalue weighted by Crippen LogP contribution is 2.41. The van der Waals surface area contributed by atoms with Crippen molar-refractivity contribution in [3.8, 4) is 17.2 Å². The van der Waals surface area contributed by atoms with E-state index >= 15 is 0 Å². The number of hydrogen-bond donors (Lipinski definition) is 0. The summed E-state index contributed by atoms with van der Waals surface area (Å²) in [6.07, 6.45) is 10.3. The summed E-state index contributed by atoms with van der Waals surface area (Å²) in [4.78, 5) is 7.00. The summed E-state index contributed by atoms with van der Waals surface area (Å²) < 4.78 is 25.5. The molecule has 0 aliphatic rings. The molecule has 0 aliphatic carbocycles. The first-order valence-electron chi connectivity index (χ1n) is 12.1. The number of imidazole rings is 1. The standard InChI is InChI=1S/C26H43N3O4/c1-8-10-12-21(28(3)4)13-17-33-24(26-27-14-16-29(26)15-11-9-2)20-18-22(30-5)25(32-7)23(19-20)31-6/h14,16,18-19,21,24H,8-13,15,17H2,1-7H3. The van der Waals surface area contributed by atoms with Crippen LogP contribution in [0.15, 0.2) is 24.5 Å². The summed E-state index contributed by atoms with van der Waals surface area (Å²) in [7, 11) is 9.18. The SMILES string of the molecule is CCCCC(CCOC(c1cc(OC)c(OC)c(OC)c1)c1nccn1CCCC)N(C)C. The number of benzene rings is 1. The molecule has 1 aromatic carbocycles. The van der Waals surface area contributed by atoms with Gasteiger partial charge in [-0.25, -0.2) is 4.98 Å². The molecule has 0 bridgehead atoms. The van der Waals surface area contributed by atoms with Gasteiger partial charge in [0.2, 0.25) is 5.75 Å². The summed E-state index contributed by atoms with van der Waals surface area (Å²) in [6.45, 7) is 5.97. The maximum Gasteiger partial charge on any atom is 0.203 e. The van der Waals surface area contributed by atoms with Gasteiger partial charge in [0.1, 0.15) is 11.9 Å². The van der Waals surface area contributed by atoms with Crippen molar-refractivity contribution in [2.24, 2.45) is 0 Å². The van der Waals surface area contributed by atoms with Gasteiger partial charge in [-0.05, 0) is 51.1 Å². The number of unbranched alkanes of at least 4 members (excludes halogenated alkanes) is 2. The van der Waals surface area contributed by atoms with Gasteiger partial charge < -0.3 is 28.4 Å². The highest BCUT2D eigenvalue weighted by atomic mass is 16.5. The lowest BCUT2D eigenvalue weighted by Gasteiger charge is -2.26. The van der Waals surface area contributed by atoms with Gasteiger partial charge in [0.05, 0.1) is 21.3 Å². The van der Waals surface area contributed by atoms with E-state index < -0.39 is 0 Å². The lowest BCUT2D eigenvalue weighted by molar-refractivity contribution is 0.0553. The zero-order valence-electron chi connectivity index (χ0n) is 21.6. The van der Waals surface area contributed by atoms with Crippen molar-refractivity contribution in [3.05, 3.63) is 35.9 Å². The van der Waals surface area contributed by atoms with E-state index in [9.17, 15) is 0 Å². The third kappa shape index (κ3) is 7.37. The summed E-state index contributed by atoms with van der Waals surface area (Å²) in [6, 6.07) is 4.42. The molecule has 0 amide bonds. The number of aryl methyl sites for hydroxylation is 1. The molecular formula is C26H43N3O4. The van der Waals surface area contributed by atoms with Crippen LogP contribution in [-0.4, -0.2) is 62.5 Å². The number of rotatable bonds is 16. The van der Waals surface area contributed by atoms with Crippen molar-refractivity contribution >= 4 is 0 Å². The topological polar surface area (TPSA) is 58.0 Å². The Bertz CT molecular complexity index is 797. The van der Waals surface area contributed by atoms with E-state index in [4.69, 9.17) is 23.9 Å². The second-order valence-corrected chi connectivity index (χ2v) is 8.59. The van der Waals surface area contributed by atoms with Crippen molar-refractivity contribution in [2.45, 2.75) is 71.1 Å². The van der Waals surface area contributed by atoms with E-state index in [0.29, 0.717) is 29.9 Å². The Labute approximate surface area is 200 Å². The molecule has 0 spiro atoms. The van der Waals surface area contributed by atoms with Crippen LogP contribution in [0.5, 0.6) is 17.2 Å². The number of nitrogens with zero attached hydrogens (tertiary/aromatic N) is 3. The van der Waals surface area contributed by atoms with E-state index in [2.05, 4.69) is 37.4 Å². The molecule has 2 rings (SSSR count). The number of hydrogen-bond acceptors (Lipinski definition) is 6. The highest BCUT2D eigenvalue weighted by molar-refractivity contribution is 5.54. The van der Waals surface area contributed by atoms with Crippen LogP contribution >= 0.6 is 0 Å². The number of methoxy groups -OCH3 is 3. The van der Waals surface area contributed by atoms with Crippen molar-refractivity contribution in [3.63, 3.8) is 0 Å². The fraction of sp³-hybridized carbons (Fsp3) is 0.654. The molecule has 0 radical (unpaired) electrons. The van der Waals surface area contributed by atoms with Crippen molar-refractivity contribution in [1.82, 2.24) is 14.5 Å². The predicted molar refractivity (Wildman–Crippen MR) is 133 cm³/mol. The van der Waals surface area contributed by atoms with Gasteiger partial charge in [-0.3, -0.25) is 0 Å². The minimum atomic E-state index is -0.334. The van der Waals surface area contributed by atoms with E-state index in [1.54, 1.807) is 21.3 Å². The molecule has 186 valence electrons. The first kappa shape index (κ1) is 27.0. The van der Waals surface area contributed by atoms with Gasteiger partial charge >= 0.3 is 0 Å². The number of aromatic nitrogens is 2. The molecule has 0 saturated carbocycles. The van der Waals surface area contributed by atoms with Crippen LogP contribution in [0.2, 0.25) is 0 Å². The molecule has 0 aliphatic heterocycles. The van der Waals surface area contributed by atoms with Gasteiger partial charge in [0.15, 0.2) is 11.5 Å². The third-order valence-electron chi connectivity index (χ3n) is 6.08. The molecule has 33 heavy (non-hydrogen) atoms. The predicted octanol–water partition coefficient (Wildman–Crippen LogP) is 5.33. The molecule has 1 aromatic heterocycles. The van der Waals surface area contributed by atoms with E-state index in [0.717, 1.165) is 37.2 Å². The largest absolute Gasteiger partial charge is 0.493 e. The van der Waals surface area contributed by atoms with Gasteiger partial charge in [0, 0.05) is 31.6 Å². The van der Waals surface area contributed by atoms with Gasteiger partial charge in [-0.2, -0.15) is 0 Å². The van der Waals surface area contributed by atoms with Gasteiger partial charge in [-0.1, -0.05) is 33.1 Å². The second-order valence-electron chi connectivity index (χ2n) is 8.59. The minimum Gasteiger partial charge on any atom is -0.493 e. The Balaban J connectivity index is 2.37. The van der Waals surface area contributed by atoms with Crippen molar-refractivity contribution in [2.75, 3.05) is 42.0 Å². The van der Waals surface area contributed by atoms with Crippen molar-refractivity contribution < 1.29 is 18.9 Å². The highest BCUT2D eigenvalue weighted by Gasteiger charge is 2.25. The maximum atomic E-state index is 6.56. The molecule has 0 fully saturated rings. The van der Waals surface area contributed by atoms with Crippen LogP contribution in [0.1, 0.15) is 69.9 Å². The molecule has 2 unspecified atom stereocenters. The monoisotopic (exact) mass is 461 g/mol.